The Hall–Kier alpha value is -3.93. The highest BCUT2D eigenvalue weighted by Gasteiger charge is 2.31. The van der Waals surface area contributed by atoms with Crippen LogP contribution >= 0.6 is 0 Å². The SMILES string of the molecule is CC(C)CC(N)C(=O)NC(Cc1cnc[nH]1)C(=O)NC(Cc1ccc(O)cc1)C(=O)NC(CC(C)C)C(=O)O. The highest BCUT2D eigenvalue weighted by molar-refractivity contribution is 5.94. The monoisotopic (exact) mass is 544 g/mol. The summed E-state index contributed by atoms with van der Waals surface area (Å²) in [5.74, 6) is -2.83. The van der Waals surface area contributed by atoms with Gasteiger partial charge in [-0.2, -0.15) is 0 Å². The van der Waals surface area contributed by atoms with Crippen LogP contribution in [0.5, 0.6) is 5.75 Å². The Kier molecular flexibility index (Phi) is 11.9. The first-order valence-corrected chi connectivity index (χ1v) is 13.0. The fourth-order valence-electron chi connectivity index (χ4n) is 4.03. The quantitative estimate of drug-likeness (QED) is 0.171. The standard InChI is InChI=1S/C27H40N6O6/c1-15(2)9-20(28)24(35)31-22(12-18-13-29-14-30-18)26(37)32-21(11-17-5-7-19(34)8-6-17)25(36)33-23(27(38)39)10-16(3)4/h5-8,13-16,20-23,34H,9-12,28H2,1-4H3,(H,29,30)(H,31,35)(H,32,37)(H,33,36)(H,38,39). The predicted octanol–water partition coefficient (Wildman–Crippen LogP) is 0.859. The fourth-order valence-corrected chi connectivity index (χ4v) is 4.03. The topological polar surface area (TPSA) is 200 Å². The molecule has 3 amide bonds. The highest BCUT2D eigenvalue weighted by atomic mass is 16.4. The Bertz CT molecular complexity index is 1090. The van der Waals surface area contributed by atoms with E-state index in [0.29, 0.717) is 17.7 Å². The maximum atomic E-state index is 13.5. The van der Waals surface area contributed by atoms with Gasteiger partial charge in [-0.3, -0.25) is 14.4 Å². The van der Waals surface area contributed by atoms with Gasteiger partial charge in [0.25, 0.3) is 0 Å². The van der Waals surface area contributed by atoms with Gasteiger partial charge in [-0.25, -0.2) is 9.78 Å². The minimum absolute atomic E-state index is 0.000542. The van der Waals surface area contributed by atoms with Crippen molar-refractivity contribution >= 4 is 23.7 Å². The minimum atomic E-state index is -1.18. The number of benzene rings is 1. The zero-order valence-electron chi connectivity index (χ0n) is 22.8. The summed E-state index contributed by atoms with van der Waals surface area (Å²) in [4.78, 5) is 58.1. The first-order chi connectivity index (χ1) is 18.3. The number of carbonyl (C=O) groups excluding carboxylic acids is 3. The summed E-state index contributed by atoms with van der Waals surface area (Å²) < 4.78 is 0. The van der Waals surface area contributed by atoms with Crippen LogP contribution < -0.4 is 21.7 Å². The van der Waals surface area contributed by atoms with E-state index >= 15 is 0 Å². The number of carboxylic acids is 1. The number of nitrogens with one attached hydrogen (secondary N) is 4. The van der Waals surface area contributed by atoms with Crippen molar-refractivity contribution in [2.24, 2.45) is 17.6 Å². The molecule has 0 aliphatic carbocycles. The summed E-state index contributed by atoms with van der Waals surface area (Å²) in [5, 5.41) is 27.1. The van der Waals surface area contributed by atoms with Crippen molar-refractivity contribution < 1.29 is 29.4 Å². The largest absolute Gasteiger partial charge is 0.508 e. The van der Waals surface area contributed by atoms with E-state index in [0.717, 1.165) is 0 Å². The molecule has 12 nitrogen and oxygen atoms in total. The maximum Gasteiger partial charge on any atom is 0.326 e. The molecule has 0 aliphatic rings. The van der Waals surface area contributed by atoms with Crippen LogP contribution in [-0.2, 0) is 32.0 Å². The van der Waals surface area contributed by atoms with Crippen molar-refractivity contribution in [3.05, 3.63) is 48.0 Å². The van der Waals surface area contributed by atoms with Crippen LogP contribution in [0.2, 0.25) is 0 Å². The zero-order valence-corrected chi connectivity index (χ0v) is 22.8. The van der Waals surface area contributed by atoms with Gasteiger partial charge in [0.15, 0.2) is 0 Å². The molecule has 1 aromatic carbocycles. The number of imidazole rings is 1. The number of H-pyrrole nitrogens is 1. The van der Waals surface area contributed by atoms with Gasteiger partial charge < -0.3 is 36.9 Å². The number of carboxylic acid groups (broad SMARTS) is 1. The predicted molar refractivity (Wildman–Crippen MR) is 144 cm³/mol. The lowest BCUT2D eigenvalue weighted by Gasteiger charge is -2.26. The molecule has 0 fully saturated rings. The van der Waals surface area contributed by atoms with Crippen LogP contribution in [-0.4, -0.2) is 68.0 Å². The van der Waals surface area contributed by atoms with E-state index in [4.69, 9.17) is 5.73 Å². The van der Waals surface area contributed by atoms with E-state index in [9.17, 15) is 29.4 Å². The molecule has 0 spiro atoms. The second kappa shape index (κ2) is 14.9. The molecule has 2 rings (SSSR count). The molecular formula is C27H40N6O6. The van der Waals surface area contributed by atoms with Crippen LogP contribution in [0.15, 0.2) is 36.8 Å². The van der Waals surface area contributed by atoms with Gasteiger partial charge in [0, 0.05) is 24.7 Å². The third-order valence-electron chi connectivity index (χ3n) is 6.00. The van der Waals surface area contributed by atoms with E-state index in [-0.39, 0.29) is 36.8 Å². The number of aromatic hydroxyl groups is 1. The van der Waals surface area contributed by atoms with Crippen LogP contribution in [0.3, 0.4) is 0 Å². The fraction of sp³-hybridized carbons (Fsp3) is 0.519. The van der Waals surface area contributed by atoms with E-state index in [1.807, 2.05) is 27.7 Å². The summed E-state index contributed by atoms with van der Waals surface area (Å²) >= 11 is 0. The molecule has 12 heteroatoms. The van der Waals surface area contributed by atoms with Crippen molar-refractivity contribution in [1.29, 1.82) is 0 Å². The smallest absolute Gasteiger partial charge is 0.326 e. The Balaban J connectivity index is 2.29. The zero-order chi connectivity index (χ0) is 29.1. The van der Waals surface area contributed by atoms with E-state index in [1.54, 1.807) is 12.1 Å². The van der Waals surface area contributed by atoms with Crippen molar-refractivity contribution in [2.75, 3.05) is 0 Å². The van der Waals surface area contributed by atoms with Crippen LogP contribution in [0.4, 0.5) is 0 Å². The number of nitrogens with two attached hydrogens (primary N) is 1. The molecule has 1 aromatic heterocycles. The number of hydrogen-bond acceptors (Lipinski definition) is 7. The van der Waals surface area contributed by atoms with Gasteiger partial charge in [0.2, 0.25) is 17.7 Å². The number of carbonyl (C=O) groups is 4. The second-order valence-corrected chi connectivity index (χ2v) is 10.5. The molecule has 8 N–H and O–H groups in total. The highest BCUT2D eigenvalue weighted by Crippen LogP contribution is 2.13. The summed E-state index contributed by atoms with van der Waals surface area (Å²) in [6.07, 6.45) is 3.66. The third kappa shape index (κ3) is 10.8. The van der Waals surface area contributed by atoms with Crippen LogP contribution in [0.1, 0.15) is 51.8 Å². The lowest BCUT2D eigenvalue weighted by Crippen LogP contribution is -2.58. The molecule has 4 atom stereocenters. The van der Waals surface area contributed by atoms with Gasteiger partial charge >= 0.3 is 5.97 Å². The summed E-state index contributed by atoms with van der Waals surface area (Å²) in [7, 11) is 0. The number of amides is 3. The van der Waals surface area contributed by atoms with Gasteiger partial charge in [0.1, 0.15) is 23.9 Å². The molecule has 0 radical (unpaired) electrons. The number of aliphatic carboxylic acids is 1. The molecule has 214 valence electrons. The summed E-state index contributed by atoms with van der Waals surface area (Å²) in [6.45, 7) is 7.53. The first kappa shape index (κ1) is 31.3. The average molecular weight is 545 g/mol. The van der Waals surface area contributed by atoms with E-state index < -0.39 is 47.9 Å². The molecule has 0 saturated heterocycles. The number of rotatable bonds is 15. The number of phenolic OH excluding ortho intramolecular Hbond substituents is 1. The molecule has 2 aromatic rings. The molecule has 0 bridgehead atoms. The van der Waals surface area contributed by atoms with Gasteiger partial charge in [-0.05, 0) is 42.4 Å². The number of hydrogen-bond donors (Lipinski definition) is 7. The summed E-state index contributed by atoms with van der Waals surface area (Å²) in [6, 6.07) is 1.86. The Morgan fingerprint density at radius 1 is 0.846 bits per heavy atom. The second-order valence-electron chi connectivity index (χ2n) is 10.5. The number of aromatic nitrogens is 2. The Morgan fingerprint density at radius 3 is 1.90 bits per heavy atom. The van der Waals surface area contributed by atoms with Gasteiger partial charge in [-0.15, -0.1) is 0 Å². The molecule has 0 aliphatic heterocycles. The molecule has 1 heterocycles. The molecule has 39 heavy (non-hydrogen) atoms. The van der Waals surface area contributed by atoms with Crippen molar-refractivity contribution in [2.45, 2.75) is 77.5 Å². The van der Waals surface area contributed by atoms with Gasteiger partial charge in [0.05, 0.1) is 12.4 Å². The molecular weight excluding hydrogens is 504 g/mol. The first-order valence-electron chi connectivity index (χ1n) is 13.0. The molecule has 4 unspecified atom stereocenters. The third-order valence-corrected chi connectivity index (χ3v) is 6.00. The lowest BCUT2D eigenvalue weighted by molar-refractivity contribution is -0.142. The van der Waals surface area contributed by atoms with Crippen LogP contribution in [0, 0.1) is 11.8 Å². The van der Waals surface area contributed by atoms with Crippen molar-refractivity contribution in [3.8, 4) is 5.75 Å². The minimum Gasteiger partial charge on any atom is -0.508 e. The normalized spacial score (nSPS) is 14.3. The maximum absolute atomic E-state index is 13.5. The van der Waals surface area contributed by atoms with Gasteiger partial charge in [-0.1, -0.05) is 39.8 Å². The summed E-state index contributed by atoms with van der Waals surface area (Å²) in [5.41, 5.74) is 7.22. The molecule has 0 saturated carbocycles. The number of aromatic amines is 1. The Morgan fingerprint density at radius 2 is 1.38 bits per heavy atom. The van der Waals surface area contributed by atoms with Crippen LogP contribution in [0.25, 0.3) is 0 Å². The van der Waals surface area contributed by atoms with E-state index in [1.165, 1.54) is 24.7 Å². The number of phenols is 1. The van der Waals surface area contributed by atoms with Crippen molar-refractivity contribution in [1.82, 2.24) is 25.9 Å². The Labute approximate surface area is 228 Å². The van der Waals surface area contributed by atoms with Crippen molar-refractivity contribution in [3.63, 3.8) is 0 Å². The lowest BCUT2D eigenvalue weighted by atomic mass is 10.0. The average Bonchev–Trinajstić information content (AvgIpc) is 3.36. The number of nitrogens with zero attached hydrogens (tertiary/aromatic N) is 1. The van der Waals surface area contributed by atoms with E-state index in [2.05, 4.69) is 25.9 Å².